The lowest BCUT2D eigenvalue weighted by Gasteiger charge is -2.38. The van der Waals surface area contributed by atoms with E-state index in [0.717, 1.165) is 6.42 Å². The van der Waals surface area contributed by atoms with Crippen molar-refractivity contribution in [2.75, 3.05) is 6.54 Å². The number of ketones is 1. The Hall–Kier alpha value is -2.65. The molecule has 0 aromatic rings. The predicted octanol–water partition coefficient (Wildman–Crippen LogP) is 3.57. The van der Waals surface area contributed by atoms with Crippen molar-refractivity contribution < 1.29 is 28.7 Å². The van der Waals surface area contributed by atoms with Gasteiger partial charge < -0.3 is 25.6 Å². The van der Waals surface area contributed by atoms with Crippen LogP contribution >= 0.6 is 0 Å². The summed E-state index contributed by atoms with van der Waals surface area (Å²) in [6.07, 6.45) is 1.05. The van der Waals surface area contributed by atoms with Crippen molar-refractivity contribution in [1.82, 2.24) is 20.9 Å². The van der Waals surface area contributed by atoms with Crippen LogP contribution in [0.3, 0.4) is 0 Å². The lowest BCUT2D eigenvalue weighted by molar-refractivity contribution is -0.145. The van der Waals surface area contributed by atoms with Crippen molar-refractivity contribution >= 4 is 29.6 Å². The summed E-state index contributed by atoms with van der Waals surface area (Å²) in [4.78, 5) is 67.8. The number of carbonyl (C=O) groups excluding carboxylic acids is 5. The van der Waals surface area contributed by atoms with E-state index in [1.54, 1.807) is 46.4 Å². The van der Waals surface area contributed by atoms with Gasteiger partial charge in [-0.1, -0.05) is 54.4 Å². The van der Waals surface area contributed by atoms with E-state index < -0.39 is 58.4 Å². The fourth-order valence-electron chi connectivity index (χ4n) is 5.55. The number of unbranched alkanes of at least 4 members (excludes halogenated alkanes) is 1. The lowest BCUT2D eigenvalue weighted by atomic mass is 9.85. The summed E-state index contributed by atoms with van der Waals surface area (Å²) in [6, 6.07) is -2.75. The number of nitrogens with one attached hydrogen (secondary N) is 3. The average Bonchev–Trinajstić information content (AvgIpc) is 3.10. The zero-order valence-corrected chi connectivity index (χ0v) is 26.6. The molecule has 2 aliphatic rings. The molecule has 40 heavy (non-hydrogen) atoms. The van der Waals surface area contributed by atoms with Gasteiger partial charge in [-0.05, 0) is 70.6 Å². The van der Waals surface area contributed by atoms with Crippen LogP contribution in [0.15, 0.2) is 0 Å². The minimum Gasteiger partial charge on any atom is -0.444 e. The summed E-state index contributed by atoms with van der Waals surface area (Å²) in [6.45, 7) is 22.6. The SMILES string of the molecule is CCCCC(NC(=O)[C@@H]1[C@@H]2[C@H](CN1C(=O)[C@@H](NC(=O)OC(C)(C)C)C(C)(C)C)C2(C)C)C(=O)C(=O)NC(C)(C)C. The van der Waals surface area contributed by atoms with Gasteiger partial charge in [0.25, 0.3) is 5.91 Å². The fraction of sp³-hybridized carbons (Fsp3) is 0.833. The molecule has 2 rings (SSSR count). The Balaban J connectivity index is 2.33. The summed E-state index contributed by atoms with van der Waals surface area (Å²) in [7, 11) is 0. The Morgan fingerprint density at radius 2 is 1.52 bits per heavy atom. The Labute approximate surface area is 240 Å². The number of hydrogen-bond donors (Lipinski definition) is 3. The number of alkyl carbamates (subject to hydrolysis) is 1. The molecule has 228 valence electrons. The van der Waals surface area contributed by atoms with E-state index in [-0.39, 0.29) is 23.2 Å². The number of piperidine rings is 1. The van der Waals surface area contributed by atoms with Crippen LogP contribution < -0.4 is 16.0 Å². The highest BCUT2D eigenvalue weighted by Crippen LogP contribution is 2.65. The van der Waals surface area contributed by atoms with Gasteiger partial charge >= 0.3 is 6.09 Å². The molecule has 1 saturated heterocycles. The third-order valence-corrected chi connectivity index (χ3v) is 7.73. The number of fused-ring (bicyclic) bond motifs is 1. The number of amides is 4. The minimum absolute atomic E-state index is 0.0936. The first-order valence-corrected chi connectivity index (χ1v) is 14.5. The summed E-state index contributed by atoms with van der Waals surface area (Å²) in [5.74, 6) is -2.24. The van der Waals surface area contributed by atoms with Gasteiger partial charge in [-0.3, -0.25) is 19.2 Å². The lowest BCUT2D eigenvalue weighted by Crippen LogP contribution is -2.61. The van der Waals surface area contributed by atoms with Crippen LogP contribution in [0, 0.1) is 22.7 Å². The standard InChI is InChI=1S/C30H52N4O6/c1-13-14-15-18(21(35)24(37)33-28(5,6)7)31-23(36)20-19-17(30(19,11)12)16-34(20)25(38)22(27(2,3)4)32-26(39)40-29(8,9)10/h17-20,22H,13-16H2,1-12H3,(H,31,36)(H,32,39)(H,33,37)/t17-,18?,19-,20-,22+/m0/s1. The van der Waals surface area contributed by atoms with Crippen molar-refractivity contribution in [2.24, 2.45) is 22.7 Å². The normalized spacial score (nSPS) is 23.4. The van der Waals surface area contributed by atoms with Gasteiger partial charge in [-0.15, -0.1) is 0 Å². The summed E-state index contributed by atoms with van der Waals surface area (Å²) in [5, 5.41) is 8.25. The molecule has 1 heterocycles. The average molecular weight is 565 g/mol. The first-order chi connectivity index (χ1) is 18.0. The van der Waals surface area contributed by atoms with Gasteiger partial charge in [0, 0.05) is 12.1 Å². The molecule has 3 N–H and O–H groups in total. The van der Waals surface area contributed by atoms with E-state index in [4.69, 9.17) is 4.74 Å². The van der Waals surface area contributed by atoms with Gasteiger partial charge in [0.2, 0.25) is 17.6 Å². The summed E-state index contributed by atoms with van der Waals surface area (Å²) in [5.41, 5.74) is -2.16. The second-order valence-electron chi connectivity index (χ2n) is 15.1. The molecule has 1 saturated carbocycles. The highest BCUT2D eigenvalue weighted by Gasteiger charge is 2.70. The van der Waals surface area contributed by atoms with Gasteiger partial charge in [0.05, 0.1) is 6.04 Å². The molecular formula is C30H52N4O6. The largest absolute Gasteiger partial charge is 0.444 e. The molecule has 1 unspecified atom stereocenters. The molecule has 2 fully saturated rings. The first-order valence-electron chi connectivity index (χ1n) is 14.5. The predicted molar refractivity (Wildman–Crippen MR) is 153 cm³/mol. The van der Waals surface area contributed by atoms with Crippen molar-refractivity contribution in [1.29, 1.82) is 0 Å². The van der Waals surface area contributed by atoms with Gasteiger partial charge in [0.1, 0.15) is 17.7 Å². The second kappa shape index (κ2) is 11.7. The molecule has 0 bridgehead atoms. The van der Waals surface area contributed by atoms with Crippen molar-refractivity contribution in [3.8, 4) is 0 Å². The van der Waals surface area contributed by atoms with Crippen LogP contribution in [0.2, 0.25) is 0 Å². The molecule has 0 radical (unpaired) electrons. The molecule has 10 nitrogen and oxygen atoms in total. The molecule has 0 aromatic carbocycles. The highest BCUT2D eigenvalue weighted by atomic mass is 16.6. The van der Waals surface area contributed by atoms with Gasteiger partial charge in [0.15, 0.2) is 0 Å². The number of ether oxygens (including phenoxy) is 1. The van der Waals surface area contributed by atoms with E-state index in [9.17, 15) is 24.0 Å². The maximum atomic E-state index is 14.0. The van der Waals surface area contributed by atoms with Crippen LogP contribution in [0.5, 0.6) is 0 Å². The maximum absolute atomic E-state index is 14.0. The van der Waals surface area contributed by atoms with Crippen LogP contribution in [0.4, 0.5) is 4.79 Å². The number of likely N-dealkylation sites (tertiary alicyclic amines) is 1. The third-order valence-electron chi connectivity index (χ3n) is 7.73. The smallest absolute Gasteiger partial charge is 0.408 e. The first kappa shape index (κ1) is 33.6. The number of rotatable bonds is 9. The van der Waals surface area contributed by atoms with Crippen molar-refractivity contribution in [3.05, 3.63) is 0 Å². The van der Waals surface area contributed by atoms with Crippen LogP contribution in [-0.4, -0.2) is 70.3 Å². The molecule has 10 heteroatoms. The molecule has 5 atom stereocenters. The monoisotopic (exact) mass is 564 g/mol. The second-order valence-corrected chi connectivity index (χ2v) is 15.1. The van der Waals surface area contributed by atoms with Crippen LogP contribution in [-0.2, 0) is 23.9 Å². The van der Waals surface area contributed by atoms with Crippen LogP contribution in [0.25, 0.3) is 0 Å². The van der Waals surface area contributed by atoms with E-state index in [2.05, 4.69) is 29.8 Å². The topological polar surface area (TPSA) is 134 Å². The Morgan fingerprint density at radius 3 is 2.00 bits per heavy atom. The van der Waals surface area contributed by atoms with Crippen molar-refractivity contribution in [2.45, 2.75) is 132 Å². The zero-order chi connectivity index (χ0) is 31.0. The highest BCUT2D eigenvalue weighted by molar-refractivity contribution is 6.38. The summed E-state index contributed by atoms with van der Waals surface area (Å²) >= 11 is 0. The molecule has 0 aromatic heterocycles. The van der Waals surface area contributed by atoms with E-state index in [0.29, 0.717) is 19.4 Å². The molecular weight excluding hydrogens is 512 g/mol. The third kappa shape index (κ3) is 8.19. The fourth-order valence-corrected chi connectivity index (χ4v) is 5.55. The number of carbonyl (C=O) groups is 5. The Morgan fingerprint density at radius 1 is 0.950 bits per heavy atom. The van der Waals surface area contributed by atoms with E-state index >= 15 is 0 Å². The quantitative estimate of drug-likeness (QED) is 0.367. The molecule has 1 aliphatic heterocycles. The molecule has 4 amide bonds. The number of hydrogen-bond acceptors (Lipinski definition) is 6. The zero-order valence-electron chi connectivity index (χ0n) is 26.6. The number of Topliss-reactive ketones (excluding diaryl/α,β-unsaturated/α-hetero) is 1. The number of nitrogens with zero attached hydrogens (tertiary/aromatic N) is 1. The van der Waals surface area contributed by atoms with E-state index in [1.807, 2.05) is 27.7 Å². The maximum Gasteiger partial charge on any atom is 0.408 e. The van der Waals surface area contributed by atoms with Crippen molar-refractivity contribution in [3.63, 3.8) is 0 Å². The van der Waals surface area contributed by atoms with Gasteiger partial charge in [-0.2, -0.15) is 0 Å². The minimum atomic E-state index is -0.994. The summed E-state index contributed by atoms with van der Waals surface area (Å²) < 4.78 is 5.41. The molecule has 0 spiro atoms. The van der Waals surface area contributed by atoms with Crippen LogP contribution in [0.1, 0.15) is 102 Å². The molecule has 1 aliphatic carbocycles. The Kier molecular flexibility index (Phi) is 9.80. The van der Waals surface area contributed by atoms with E-state index in [1.165, 1.54) is 0 Å². The van der Waals surface area contributed by atoms with Gasteiger partial charge in [-0.25, -0.2) is 4.79 Å². The Bertz CT molecular complexity index is 1000.